The molecule has 0 aliphatic carbocycles. The second-order valence-electron chi connectivity index (χ2n) is 3.67. The quantitative estimate of drug-likeness (QED) is 0.742. The van der Waals surface area contributed by atoms with Gasteiger partial charge >= 0.3 is 0 Å². The smallest absolute Gasteiger partial charge is 0.269 e. The molecule has 0 aliphatic rings. The first kappa shape index (κ1) is 11.4. The Kier molecular flexibility index (Phi) is 2.65. The first-order valence-electron chi connectivity index (χ1n) is 5.08. The maximum Gasteiger partial charge on any atom is 0.269 e. The van der Waals surface area contributed by atoms with Gasteiger partial charge in [0, 0.05) is 5.02 Å². The largest absolute Gasteiger partial charge is 0.305 e. The highest BCUT2D eigenvalue weighted by Gasteiger charge is 2.11. The molecule has 3 aromatic rings. The fourth-order valence-electron chi connectivity index (χ4n) is 1.68. The number of nitrogens with one attached hydrogen (secondary N) is 1. The Labute approximate surface area is 110 Å². The molecule has 90 valence electrons. The molecule has 18 heavy (non-hydrogen) atoms. The predicted molar refractivity (Wildman–Crippen MR) is 70.6 cm³/mol. The summed E-state index contributed by atoms with van der Waals surface area (Å²) in [4.78, 5) is 18.6. The molecule has 0 bridgehead atoms. The van der Waals surface area contributed by atoms with Crippen LogP contribution in [-0.4, -0.2) is 9.97 Å². The SMILES string of the molecule is O=c1[nH]c(-c2ccc(Cl)cc2F)nc2ccsc12. The van der Waals surface area contributed by atoms with E-state index in [4.69, 9.17) is 11.6 Å². The molecule has 3 rings (SSSR count). The predicted octanol–water partition coefficient (Wildman–Crippen LogP) is 3.44. The number of halogens is 2. The van der Waals surface area contributed by atoms with Crippen molar-refractivity contribution in [3.63, 3.8) is 0 Å². The van der Waals surface area contributed by atoms with Crippen molar-refractivity contribution >= 4 is 33.2 Å². The highest BCUT2D eigenvalue weighted by atomic mass is 35.5. The van der Waals surface area contributed by atoms with Crippen LogP contribution in [0.25, 0.3) is 21.6 Å². The van der Waals surface area contributed by atoms with Crippen molar-refractivity contribution in [3.05, 3.63) is 50.8 Å². The van der Waals surface area contributed by atoms with Crippen molar-refractivity contribution in [3.8, 4) is 11.4 Å². The molecule has 0 spiro atoms. The molecule has 2 aromatic heterocycles. The van der Waals surface area contributed by atoms with Crippen molar-refractivity contribution < 1.29 is 4.39 Å². The summed E-state index contributed by atoms with van der Waals surface area (Å²) in [5.41, 5.74) is 0.525. The monoisotopic (exact) mass is 280 g/mol. The summed E-state index contributed by atoms with van der Waals surface area (Å²) in [6.45, 7) is 0. The number of hydrogen-bond acceptors (Lipinski definition) is 3. The topological polar surface area (TPSA) is 45.8 Å². The lowest BCUT2D eigenvalue weighted by Gasteiger charge is -2.03. The third-order valence-electron chi connectivity index (χ3n) is 2.50. The lowest BCUT2D eigenvalue weighted by molar-refractivity contribution is 0.630. The molecule has 0 fully saturated rings. The highest BCUT2D eigenvalue weighted by molar-refractivity contribution is 7.17. The normalized spacial score (nSPS) is 11.0. The Hall–Kier alpha value is -1.72. The summed E-state index contributed by atoms with van der Waals surface area (Å²) in [6.07, 6.45) is 0. The van der Waals surface area contributed by atoms with Crippen LogP contribution in [0.1, 0.15) is 0 Å². The Morgan fingerprint density at radius 2 is 2.17 bits per heavy atom. The van der Waals surface area contributed by atoms with Gasteiger partial charge in [-0.1, -0.05) is 11.6 Å². The van der Waals surface area contributed by atoms with Crippen molar-refractivity contribution in [1.29, 1.82) is 0 Å². The number of rotatable bonds is 1. The zero-order chi connectivity index (χ0) is 12.7. The van der Waals surface area contributed by atoms with E-state index in [2.05, 4.69) is 9.97 Å². The molecule has 1 N–H and O–H groups in total. The maximum atomic E-state index is 13.7. The van der Waals surface area contributed by atoms with Gasteiger partial charge in [-0.25, -0.2) is 9.37 Å². The summed E-state index contributed by atoms with van der Waals surface area (Å²) in [5, 5.41) is 2.07. The zero-order valence-electron chi connectivity index (χ0n) is 8.91. The number of nitrogens with zero attached hydrogens (tertiary/aromatic N) is 1. The summed E-state index contributed by atoms with van der Waals surface area (Å²) >= 11 is 6.99. The van der Waals surface area contributed by atoms with Crippen LogP contribution in [0.5, 0.6) is 0 Å². The molecule has 0 saturated carbocycles. The second kappa shape index (κ2) is 4.19. The van der Waals surface area contributed by atoms with Crippen LogP contribution in [0, 0.1) is 5.82 Å². The number of benzene rings is 1. The highest BCUT2D eigenvalue weighted by Crippen LogP contribution is 2.23. The van der Waals surface area contributed by atoms with E-state index in [1.165, 1.54) is 23.5 Å². The molecule has 1 aromatic carbocycles. The summed E-state index contributed by atoms with van der Waals surface area (Å²) in [5.74, 6) is -0.305. The molecular weight excluding hydrogens is 275 g/mol. The molecule has 2 heterocycles. The van der Waals surface area contributed by atoms with Gasteiger partial charge in [0.05, 0.1) is 11.1 Å². The van der Waals surface area contributed by atoms with E-state index in [1.54, 1.807) is 17.5 Å². The minimum atomic E-state index is -0.514. The van der Waals surface area contributed by atoms with Gasteiger partial charge in [0.25, 0.3) is 5.56 Å². The third kappa shape index (κ3) is 1.81. The van der Waals surface area contributed by atoms with Gasteiger partial charge in [-0.2, -0.15) is 0 Å². The minimum Gasteiger partial charge on any atom is -0.305 e. The number of aromatic nitrogens is 2. The Bertz CT molecular complexity index is 796. The van der Waals surface area contributed by atoms with Gasteiger partial charge in [-0.05, 0) is 29.6 Å². The van der Waals surface area contributed by atoms with Crippen LogP contribution in [-0.2, 0) is 0 Å². The number of aromatic amines is 1. The maximum absolute atomic E-state index is 13.7. The van der Waals surface area contributed by atoms with Crippen LogP contribution in [0.3, 0.4) is 0 Å². The molecule has 6 heteroatoms. The number of fused-ring (bicyclic) bond motifs is 1. The van der Waals surface area contributed by atoms with Crippen LogP contribution < -0.4 is 5.56 Å². The summed E-state index contributed by atoms with van der Waals surface area (Å²) in [7, 11) is 0. The molecule has 0 saturated heterocycles. The van der Waals surface area contributed by atoms with Crippen LogP contribution in [0.4, 0.5) is 4.39 Å². The fraction of sp³-hybridized carbons (Fsp3) is 0. The third-order valence-corrected chi connectivity index (χ3v) is 3.64. The van der Waals surface area contributed by atoms with E-state index in [1.807, 2.05) is 0 Å². The number of thiophene rings is 1. The Morgan fingerprint density at radius 1 is 1.33 bits per heavy atom. The molecule has 0 atom stereocenters. The van der Waals surface area contributed by atoms with Crippen molar-refractivity contribution in [2.75, 3.05) is 0 Å². The van der Waals surface area contributed by atoms with Crippen LogP contribution >= 0.6 is 22.9 Å². The van der Waals surface area contributed by atoms with Crippen LogP contribution in [0.2, 0.25) is 5.02 Å². The van der Waals surface area contributed by atoms with Gasteiger partial charge in [-0.3, -0.25) is 4.79 Å². The molecular formula is C12H6ClFN2OS. The van der Waals surface area contributed by atoms with E-state index in [-0.39, 0.29) is 16.9 Å². The fourth-order valence-corrected chi connectivity index (χ4v) is 2.57. The molecule has 3 nitrogen and oxygen atoms in total. The standard InChI is InChI=1S/C12H6ClFN2OS/c13-6-1-2-7(8(14)5-6)11-15-9-3-4-18-10(9)12(17)16-11/h1-5H,(H,15,16,17). The van der Waals surface area contributed by atoms with Crippen molar-refractivity contribution in [2.24, 2.45) is 0 Å². The van der Waals surface area contributed by atoms with Gasteiger partial charge < -0.3 is 4.98 Å². The molecule has 0 aliphatic heterocycles. The molecule has 0 amide bonds. The van der Waals surface area contributed by atoms with E-state index >= 15 is 0 Å². The first-order valence-corrected chi connectivity index (χ1v) is 6.34. The second-order valence-corrected chi connectivity index (χ2v) is 5.03. The molecule has 0 unspecified atom stereocenters. The zero-order valence-corrected chi connectivity index (χ0v) is 10.5. The van der Waals surface area contributed by atoms with Gasteiger partial charge in [0.1, 0.15) is 16.3 Å². The number of H-pyrrole nitrogens is 1. The van der Waals surface area contributed by atoms with Crippen LogP contribution in [0.15, 0.2) is 34.4 Å². The molecule has 0 radical (unpaired) electrons. The average Bonchev–Trinajstić information content (AvgIpc) is 2.77. The van der Waals surface area contributed by atoms with E-state index in [9.17, 15) is 9.18 Å². The van der Waals surface area contributed by atoms with Gasteiger partial charge in [0.2, 0.25) is 0 Å². The van der Waals surface area contributed by atoms with Gasteiger partial charge in [-0.15, -0.1) is 11.3 Å². The summed E-state index contributed by atoms with van der Waals surface area (Å²) < 4.78 is 14.3. The van der Waals surface area contributed by atoms with E-state index in [0.29, 0.717) is 15.2 Å². The minimum absolute atomic E-state index is 0.208. The Balaban J connectivity index is 2.28. The van der Waals surface area contributed by atoms with Crippen molar-refractivity contribution in [1.82, 2.24) is 9.97 Å². The first-order chi connectivity index (χ1) is 8.65. The number of hydrogen-bond donors (Lipinski definition) is 1. The summed E-state index contributed by atoms with van der Waals surface area (Å²) in [6, 6.07) is 5.97. The lowest BCUT2D eigenvalue weighted by atomic mass is 10.2. The Morgan fingerprint density at radius 3 is 2.94 bits per heavy atom. The average molecular weight is 281 g/mol. The van der Waals surface area contributed by atoms with E-state index < -0.39 is 5.82 Å². The van der Waals surface area contributed by atoms with E-state index in [0.717, 1.165) is 0 Å². The van der Waals surface area contributed by atoms with Crippen molar-refractivity contribution in [2.45, 2.75) is 0 Å². The lowest BCUT2D eigenvalue weighted by Crippen LogP contribution is -2.08. The van der Waals surface area contributed by atoms with Gasteiger partial charge in [0.15, 0.2) is 0 Å².